The van der Waals surface area contributed by atoms with E-state index in [1.165, 1.54) is 4.90 Å². The molecule has 0 saturated carbocycles. The van der Waals surface area contributed by atoms with Gasteiger partial charge in [0.1, 0.15) is 12.4 Å². The average Bonchev–Trinajstić information content (AvgIpc) is 2.67. The number of anilines is 2. The highest BCUT2D eigenvalue weighted by Gasteiger charge is 2.08. The van der Waals surface area contributed by atoms with Crippen molar-refractivity contribution in [2.24, 2.45) is 0 Å². The molecule has 27 heavy (non-hydrogen) atoms. The molecule has 2 aromatic carbocycles. The number of hydrogen-bond donors (Lipinski definition) is 2. The minimum atomic E-state index is -0.188. The topological polar surface area (TPSA) is 79.9 Å². The summed E-state index contributed by atoms with van der Waals surface area (Å²) < 4.78 is 10.5. The predicted molar refractivity (Wildman–Crippen MR) is 105 cm³/mol. The van der Waals surface area contributed by atoms with E-state index in [1.54, 1.807) is 45.5 Å². The van der Waals surface area contributed by atoms with E-state index in [2.05, 4.69) is 10.6 Å². The number of benzene rings is 2. The molecule has 0 aromatic heterocycles. The second kappa shape index (κ2) is 10.2. The molecule has 0 radical (unpaired) electrons. The van der Waals surface area contributed by atoms with Crippen LogP contribution in [0, 0.1) is 0 Å². The summed E-state index contributed by atoms with van der Waals surface area (Å²) in [4.78, 5) is 25.5. The predicted octanol–water partition coefficient (Wildman–Crippen LogP) is 2.46. The number of carbonyl (C=O) groups excluding carboxylic acids is 2. The first-order valence-corrected chi connectivity index (χ1v) is 8.57. The fraction of sp³-hybridized carbons (Fsp3) is 0.300. The zero-order chi connectivity index (χ0) is 19.6. The molecule has 7 heteroatoms. The third-order valence-corrected chi connectivity index (χ3v) is 3.67. The molecule has 0 aliphatic rings. The van der Waals surface area contributed by atoms with Crippen LogP contribution in [0.4, 0.5) is 11.4 Å². The summed E-state index contributed by atoms with van der Waals surface area (Å²) in [5.74, 6) is 0.438. The van der Waals surface area contributed by atoms with Crippen LogP contribution in [0.3, 0.4) is 0 Å². The smallest absolute Gasteiger partial charge is 0.253 e. The fourth-order valence-corrected chi connectivity index (χ4v) is 2.28. The van der Waals surface area contributed by atoms with Gasteiger partial charge >= 0.3 is 0 Å². The summed E-state index contributed by atoms with van der Waals surface area (Å²) in [5.41, 5.74) is 1.99. The molecule has 0 aliphatic heterocycles. The van der Waals surface area contributed by atoms with Crippen LogP contribution in [-0.4, -0.2) is 57.7 Å². The Labute approximate surface area is 159 Å². The van der Waals surface area contributed by atoms with Gasteiger partial charge in [-0.15, -0.1) is 0 Å². The van der Waals surface area contributed by atoms with Gasteiger partial charge in [0.05, 0.1) is 13.2 Å². The Kier molecular flexibility index (Phi) is 7.63. The number of methoxy groups -OCH3 is 1. The molecule has 0 heterocycles. The lowest BCUT2D eigenvalue weighted by Crippen LogP contribution is -2.23. The van der Waals surface area contributed by atoms with Crippen LogP contribution >= 0.6 is 0 Å². The van der Waals surface area contributed by atoms with E-state index in [0.29, 0.717) is 30.2 Å². The molecule has 0 fully saturated rings. The molecule has 0 spiro atoms. The molecule has 2 aromatic rings. The highest BCUT2D eigenvalue weighted by molar-refractivity contribution is 5.96. The quantitative estimate of drug-likeness (QED) is 0.662. The number of amides is 2. The lowest BCUT2D eigenvalue weighted by atomic mass is 10.2. The van der Waals surface area contributed by atoms with Crippen molar-refractivity contribution in [3.05, 3.63) is 54.1 Å². The molecule has 2 N–H and O–H groups in total. The van der Waals surface area contributed by atoms with E-state index in [0.717, 1.165) is 5.69 Å². The van der Waals surface area contributed by atoms with Crippen LogP contribution < -0.4 is 15.4 Å². The maximum absolute atomic E-state index is 12.1. The van der Waals surface area contributed by atoms with Gasteiger partial charge in [-0.3, -0.25) is 9.59 Å². The van der Waals surface area contributed by atoms with Crippen LogP contribution in [0.15, 0.2) is 48.5 Å². The molecular formula is C20H25N3O4. The van der Waals surface area contributed by atoms with Gasteiger partial charge < -0.3 is 25.0 Å². The van der Waals surface area contributed by atoms with Crippen LogP contribution in [-0.2, 0) is 9.53 Å². The SMILES string of the molecule is COCCOc1cccc(NCC(=O)Nc2ccc(C(=O)N(C)C)cc2)c1. The summed E-state index contributed by atoms with van der Waals surface area (Å²) in [7, 11) is 5.01. The number of rotatable bonds is 9. The molecule has 0 aliphatic carbocycles. The first kappa shape index (κ1) is 20.3. The lowest BCUT2D eigenvalue weighted by molar-refractivity contribution is -0.114. The molecule has 0 atom stereocenters. The van der Waals surface area contributed by atoms with Crippen molar-refractivity contribution in [2.45, 2.75) is 0 Å². The zero-order valence-electron chi connectivity index (χ0n) is 15.8. The summed E-state index contributed by atoms with van der Waals surface area (Å²) in [6, 6.07) is 14.2. The van der Waals surface area contributed by atoms with Crippen LogP contribution in [0.5, 0.6) is 5.75 Å². The monoisotopic (exact) mass is 371 g/mol. The number of carbonyl (C=O) groups is 2. The Morgan fingerprint density at radius 1 is 1.00 bits per heavy atom. The van der Waals surface area contributed by atoms with Crippen molar-refractivity contribution in [1.29, 1.82) is 0 Å². The van der Waals surface area contributed by atoms with Crippen molar-refractivity contribution in [3.63, 3.8) is 0 Å². The van der Waals surface area contributed by atoms with Crippen molar-refractivity contribution in [1.82, 2.24) is 4.90 Å². The lowest BCUT2D eigenvalue weighted by Gasteiger charge is -2.12. The van der Waals surface area contributed by atoms with Gasteiger partial charge in [0.25, 0.3) is 5.91 Å². The summed E-state index contributed by atoms with van der Waals surface area (Å²) >= 11 is 0. The number of nitrogens with one attached hydrogen (secondary N) is 2. The Morgan fingerprint density at radius 2 is 1.74 bits per heavy atom. The Morgan fingerprint density at radius 3 is 2.41 bits per heavy atom. The van der Waals surface area contributed by atoms with Crippen molar-refractivity contribution < 1.29 is 19.1 Å². The normalized spacial score (nSPS) is 10.2. The Balaban J connectivity index is 1.84. The number of ether oxygens (including phenoxy) is 2. The molecular weight excluding hydrogens is 346 g/mol. The molecule has 144 valence electrons. The first-order valence-electron chi connectivity index (χ1n) is 8.57. The Bertz CT molecular complexity index is 760. The molecule has 0 saturated heterocycles. The second-order valence-corrected chi connectivity index (χ2v) is 6.05. The Hall–Kier alpha value is -3.06. The molecule has 2 rings (SSSR count). The van der Waals surface area contributed by atoms with E-state index >= 15 is 0 Å². The summed E-state index contributed by atoms with van der Waals surface area (Å²) in [6.45, 7) is 1.09. The van der Waals surface area contributed by atoms with E-state index in [-0.39, 0.29) is 18.4 Å². The second-order valence-electron chi connectivity index (χ2n) is 6.05. The standard InChI is InChI=1S/C20H25N3O4/c1-23(2)20(25)15-7-9-16(10-8-15)22-19(24)14-21-17-5-4-6-18(13-17)27-12-11-26-3/h4-10,13,21H,11-12,14H2,1-3H3,(H,22,24). The third-order valence-electron chi connectivity index (χ3n) is 3.67. The van der Waals surface area contributed by atoms with Crippen LogP contribution in [0.2, 0.25) is 0 Å². The van der Waals surface area contributed by atoms with Gasteiger partial charge in [-0.25, -0.2) is 0 Å². The third kappa shape index (κ3) is 6.63. The summed E-state index contributed by atoms with van der Waals surface area (Å²) in [5, 5.41) is 5.85. The van der Waals surface area contributed by atoms with Gasteiger partial charge in [0.15, 0.2) is 0 Å². The molecule has 2 amide bonds. The average molecular weight is 371 g/mol. The maximum atomic E-state index is 12.1. The van der Waals surface area contributed by atoms with Crippen molar-refractivity contribution in [2.75, 3.05) is 51.6 Å². The van der Waals surface area contributed by atoms with Crippen molar-refractivity contribution in [3.8, 4) is 5.75 Å². The molecule has 0 bridgehead atoms. The van der Waals surface area contributed by atoms with Gasteiger partial charge in [-0.05, 0) is 36.4 Å². The van der Waals surface area contributed by atoms with Crippen LogP contribution in [0.1, 0.15) is 10.4 Å². The van der Waals surface area contributed by atoms with E-state index in [9.17, 15) is 9.59 Å². The number of hydrogen-bond acceptors (Lipinski definition) is 5. The van der Waals surface area contributed by atoms with E-state index in [1.807, 2.05) is 24.3 Å². The van der Waals surface area contributed by atoms with Gasteiger partial charge in [0, 0.05) is 44.2 Å². The van der Waals surface area contributed by atoms with Gasteiger partial charge in [0.2, 0.25) is 5.91 Å². The zero-order valence-corrected chi connectivity index (χ0v) is 15.8. The molecule has 0 unspecified atom stereocenters. The molecule has 7 nitrogen and oxygen atoms in total. The minimum Gasteiger partial charge on any atom is -0.491 e. The minimum absolute atomic E-state index is 0.0813. The maximum Gasteiger partial charge on any atom is 0.253 e. The van der Waals surface area contributed by atoms with Crippen LogP contribution in [0.25, 0.3) is 0 Å². The van der Waals surface area contributed by atoms with E-state index < -0.39 is 0 Å². The summed E-state index contributed by atoms with van der Waals surface area (Å²) in [6.07, 6.45) is 0. The van der Waals surface area contributed by atoms with Gasteiger partial charge in [-0.1, -0.05) is 6.07 Å². The van der Waals surface area contributed by atoms with Gasteiger partial charge in [-0.2, -0.15) is 0 Å². The fourth-order valence-electron chi connectivity index (χ4n) is 2.28. The van der Waals surface area contributed by atoms with Crippen molar-refractivity contribution >= 4 is 23.2 Å². The largest absolute Gasteiger partial charge is 0.491 e. The van der Waals surface area contributed by atoms with E-state index in [4.69, 9.17) is 9.47 Å². The number of nitrogens with zero attached hydrogens (tertiary/aromatic N) is 1. The first-order chi connectivity index (χ1) is 13.0. The highest BCUT2D eigenvalue weighted by atomic mass is 16.5. The highest BCUT2D eigenvalue weighted by Crippen LogP contribution is 2.17.